The molecule has 3 rings (SSSR count). The number of hydrogen-bond donors (Lipinski definition) is 1. The van der Waals surface area contributed by atoms with E-state index in [0.29, 0.717) is 44.0 Å². The monoisotopic (exact) mass is 318 g/mol. The van der Waals surface area contributed by atoms with Crippen molar-refractivity contribution in [3.8, 4) is 0 Å². The average Bonchev–Trinajstić information content (AvgIpc) is 3.23. The highest BCUT2D eigenvalue weighted by atomic mass is 16.5. The van der Waals surface area contributed by atoms with Gasteiger partial charge in [-0.3, -0.25) is 14.3 Å². The molecule has 2 aromatic rings. The molecule has 0 saturated heterocycles. The Morgan fingerprint density at radius 1 is 1.43 bits per heavy atom. The number of rotatable bonds is 5. The normalized spacial score (nSPS) is 13.7. The first-order valence-electron chi connectivity index (χ1n) is 7.34. The van der Waals surface area contributed by atoms with Gasteiger partial charge in [-0.05, 0) is 12.1 Å². The van der Waals surface area contributed by atoms with Gasteiger partial charge in [0.25, 0.3) is 11.8 Å². The molecule has 0 saturated carbocycles. The van der Waals surface area contributed by atoms with Crippen LogP contribution in [0, 0.1) is 0 Å². The van der Waals surface area contributed by atoms with E-state index in [1.54, 1.807) is 28.8 Å². The molecule has 0 aromatic carbocycles. The molecule has 23 heavy (non-hydrogen) atoms. The summed E-state index contributed by atoms with van der Waals surface area (Å²) in [5, 5.41) is 7.03. The van der Waals surface area contributed by atoms with Gasteiger partial charge in [0.15, 0.2) is 5.69 Å². The third-order valence-corrected chi connectivity index (χ3v) is 3.68. The Morgan fingerprint density at radius 3 is 3.04 bits per heavy atom. The minimum Gasteiger partial charge on any atom is -0.472 e. The Morgan fingerprint density at radius 2 is 2.30 bits per heavy atom. The van der Waals surface area contributed by atoms with Crippen LogP contribution in [0.15, 0.2) is 29.1 Å². The van der Waals surface area contributed by atoms with Gasteiger partial charge in [0.1, 0.15) is 6.26 Å². The fraction of sp³-hybridized carbons (Fsp3) is 0.400. The number of hydrogen-bond acceptors (Lipinski definition) is 5. The lowest BCUT2D eigenvalue weighted by molar-refractivity contribution is 0.0704. The number of amides is 2. The summed E-state index contributed by atoms with van der Waals surface area (Å²) >= 11 is 0. The summed E-state index contributed by atoms with van der Waals surface area (Å²) in [4.78, 5) is 26.0. The van der Waals surface area contributed by atoms with Gasteiger partial charge in [-0.25, -0.2) is 0 Å². The molecule has 0 unspecified atom stereocenters. The molecular formula is C15H18N4O4. The summed E-state index contributed by atoms with van der Waals surface area (Å²) < 4.78 is 11.6. The predicted octanol–water partition coefficient (Wildman–Crippen LogP) is 0.508. The number of ether oxygens (including phenoxy) is 1. The first-order valence-corrected chi connectivity index (χ1v) is 7.34. The van der Waals surface area contributed by atoms with E-state index in [4.69, 9.17) is 9.15 Å². The van der Waals surface area contributed by atoms with E-state index in [1.807, 2.05) is 0 Å². The second-order valence-electron chi connectivity index (χ2n) is 5.23. The molecule has 2 aromatic heterocycles. The summed E-state index contributed by atoms with van der Waals surface area (Å²) in [5.41, 5.74) is 1.72. The quantitative estimate of drug-likeness (QED) is 0.811. The van der Waals surface area contributed by atoms with Gasteiger partial charge in [0.05, 0.1) is 37.2 Å². The van der Waals surface area contributed by atoms with Crippen LogP contribution in [0.4, 0.5) is 0 Å². The van der Waals surface area contributed by atoms with Gasteiger partial charge >= 0.3 is 0 Å². The number of nitrogens with zero attached hydrogens (tertiary/aromatic N) is 3. The van der Waals surface area contributed by atoms with Crippen LogP contribution in [0.5, 0.6) is 0 Å². The number of furan rings is 1. The molecule has 0 atom stereocenters. The van der Waals surface area contributed by atoms with Gasteiger partial charge < -0.3 is 19.4 Å². The number of nitrogens with one attached hydrogen (secondary N) is 1. The van der Waals surface area contributed by atoms with Crippen LogP contribution < -0.4 is 5.32 Å². The Kier molecular flexibility index (Phi) is 4.42. The number of carbonyl (C=O) groups is 2. The lowest BCUT2D eigenvalue weighted by Gasteiger charge is -2.27. The summed E-state index contributed by atoms with van der Waals surface area (Å²) in [5.74, 6) is -0.325. The second kappa shape index (κ2) is 6.66. The summed E-state index contributed by atoms with van der Waals surface area (Å²) in [6, 6.07) is 3.36. The third-order valence-electron chi connectivity index (χ3n) is 3.68. The highest BCUT2D eigenvalue weighted by Gasteiger charge is 2.25. The third kappa shape index (κ3) is 3.26. The Balaban J connectivity index is 1.67. The summed E-state index contributed by atoms with van der Waals surface area (Å²) in [6.07, 6.45) is 2.91. The van der Waals surface area contributed by atoms with Gasteiger partial charge in [-0.15, -0.1) is 0 Å². The Labute approximate surface area is 133 Å². The summed E-state index contributed by atoms with van der Waals surface area (Å²) in [7, 11) is 1.58. The van der Waals surface area contributed by atoms with Gasteiger partial charge in [0.2, 0.25) is 0 Å². The maximum absolute atomic E-state index is 12.3. The minimum absolute atomic E-state index is 0.0858. The molecule has 0 spiro atoms. The van der Waals surface area contributed by atoms with E-state index in [1.165, 1.54) is 12.5 Å². The SMILES string of the molecule is COCCNC(=O)c1cc2n(n1)CCN(C(=O)c1ccoc1)C2. The maximum atomic E-state index is 12.3. The van der Waals surface area contributed by atoms with Crippen LogP contribution >= 0.6 is 0 Å². The molecule has 122 valence electrons. The molecule has 1 aliphatic rings. The van der Waals surface area contributed by atoms with Crippen molar-refractivity contribution in [3.05, 3.63) is 41.6 Å². The van der Waals surface area contributed by atoms with E-state index >= 15 is 0 Å². The molecule has 0 bridgehead atoms. The molecule has 0 radical (unpaired) electrons. The standard InChI is InChI=1S/C15H18N4O4/c1-22-7-3-16-14(20)13-8-12-9-18(4-5-19(12)17-13)15(21)11-2-6-23-10-11/h2,6,8,10H,3-5,7,9H2,1H3,(H,16,20). The molecule has 0 aliphatic carbocycles. The van der Waals surface area contributed by atoms with Gasteiger partial charge in [0, 0.05) is 20.2 Å². The fourth-order valence-corrected chi connectivity index (χ4v) is 2.48. The zero-order chi connectivity index (χ0) is 16.2. The van der Waals surface area contributed by atoms with E-state index < -0.39 is 0 Å². The molecule has 0 fully saturated rings. The first-order chi connectivity index (χ1) is 11.2. The lowest BCUT2D eigenvalue weighted by atomic mass is 10.2. The van der Waals surface area contributed by atoms with Crippen LogP contribution in [0.3, 0.4) is 0 Å². The van der Waals surface area contributed by atoms with Gasteiger partial charge in [-0.2, -0.15) is 5.10 Å². The highest BCUT2D eigenvalue weighted by Crippen LogP contribution is 2.16. The molecular weight excluding hydrogens is 300 g/mol. The maximum Gasteiger partial charge on any atom is 0.271 e. The predicted molar refractivity (Wildman–Crippen MR) is 79.9 cm³/mol. The number of aromatic nitrogens is 2. The number of carbonyl (C=O) groups excluding carboxylic acids is 2. The second-order valence-corrected chi connectivity index (χ2v) is 5.23. The van der Waals surface area contributed by atoms with Crippen LogP contribution in [0.2, 0.25) is 0 Å². The number of fused-ring (bicyclic) bond motifs is 1. The van der Waals surface area contributed by atoms with Crippen molar-refractivity contribution >= 4 is 11.8 Å². The minimum atomic E-state index is -0.239. The van der Waals surface area contributed by atoms with Crippen LogP contribution in [-0.4, -0.2) is 53.3 Å². The van der Waals surface area contributed by atoms with Crippen molar-refractivity contribution in [2.24, 2.45) is 0 Å². The van der Waals surface area contributed by atoms with Crippen molar-refractivity contribution in [2.45, 2.75) is 13.1 Å². The van der Waals surface area contributed by atoms with Crippen molar-refractivity contribution in [3.63, 3.8) is 0 Å². The molecule has 8 heteroatoms. The molecule has 1 aliphatic heterocycles. The Bertz CT molecular complexity index is 692. The topological polar surface area (TPSA) is 89.6 Å². The molecule has 8 nitrogen and oxygen atoms in total. The van der Waals surface area contributed by atoms with E-state index in [0.717, 1.165) is 5.69 Å². The first kappa shape index (κ1) is 15.3. The van der Waals surface area contributed by atoms with Crippen LogP contribution in [0.1, 0.15) is 26.5 Å². The van der Waals surface area contributed by atoms with E-state index in [9.17, 15) is 9.59 Å². The molecule has 1 N–H and O–H groups in total. The van der Waals surface area contributed by atoms with Crippen molar-refractivity contribution < 1.29 is 18.7 Å². The van der Waals surface area contributed by atoms with Crippen molar-refractivity contribution in [1.82, 2.24) is 20.0 Å². The van der Waals surface area contributed by atoms with Crippen molar-refractivity contribution in [1.29, 1.82) is 0 Å². The molecule has 2 amide bonds. The van der Waals surface area contributed by atoms with Crippen molar-refractivity contribution in [2.75, 3.05) is 26.8 Å². The zero-order valence-electron chi connectivity index (χ0n) is 12.8. The molecule has 3 heterocycles. The Hall–Kier alpha value is -2.61. The highest BCUT2D eigenvalue weighted by molar-refractivity contribution is 5.94. The fourth-order valence-electron chi connectivity index (χ4n) is 2.48. The smallest absolute Gasteiger partial charge is 0.271 e. The lowest BCUT2D eigenvalue weighted by Crippen LogP contribution is -2.38. The summed E-state index contributed by atoms with van der Waals surface area (Å²) in [6.45, 7) is 2.41. The largest absolute Gasteiger partial charge is 0.472 e. The van der Waals surface area contributed by atoms with Crippen LogP contribution in [-0.2, 0) is 17.8 Å². The van der Waals surface area contributed by atoms with E-state index in [-0.39, 0.29) is 11.8 Å². The van der Waals surface area contributed by atoms with Crippen LogP contribution in [0.25, 0.3) is 0 Å². The van der Waals surface area contributed by atoms with E-state index in [2.05, 4.69) is 10.4 Å². The number of methoxy groups -OCH3 is 1. The van der Waals surface area contributed by atoms with Gasteiger partial charge in [-0.1, -0.05) is 0 Å². The average molecular weight is 318 g/mol. The zero-order valence-corrected chi connectivity index (χ0v) is 12.8.